The molecule has 0 bridgehead atoms. The van der Waals surface area contributed by atoms with Gasteiger partial charge in [-0.1, -0.05) is 25.1 Å². The average molecular weight is 287 g/mol. The number of benzene rings is 1. The second-order valence-electron chi connectivity index (χ2n) is 7.05. The molecule has 2 heteroatoms. The molecule has 1 aliphatic heterocycles. The molecule has 0 saturated carbocycles. The lowest BCUT2D eigenvalue weighted by Crippen LogP contribution is -2.33. The van der Waals surface area contributed by atoms with E-state index in [1.807, 2.05) is 0 Å². The number of likely N-dealkylation sites (tertiary alicyclic amines) is 1. The predicted molar refractivity (Wildman–Crippen MR) is 87.7 cm³/mol. The van der Waals surface area contributed by atoms with E-state index in [1.54, 1.807) is 0 Å². The molecular formula is C19H29NO. The van der Waals surface area contributed by atoms with Crippen LogP contribution in [0.15, 0.2) is 18.2 Å². The maximum Gasteiger partial charge on any atom is 0.0700 e. The zero-order valence-electron chi connectivity index (χ0n) is 13.4. The Morgan fingerprint density at radius 3 is 2.81 bits per heavy atom. The molecule has 0 radical (unpaired) electrons. The molecule has 1 unspecified atom stereocenters. The number of rotatable bonds is 4. The molecule has 1 aliphatic carbocycles. The van der Waals surface area contributed by atoms with Crippen LogP contribution in [0, 0.1) is 0 Å². The summed E-state index contributed by atoms with van der Waals surface area (Å²) in [6.45, 7) is 5.62. The summed E-state index contributed by atoms with van der Waals surface area (Å²) < 4.78 is 0. The average Bonchev–Trinajstić information content (AvgIpc) is 2.85. The second kappa shape index (κ2) is 6.50. The van der Waals surface area contributed by atoms with Crippen molar-refractivity contribution in [2.24, 2.45) is 0 Å². The monoisotopic (exact) mass is 287 g/mol. The Labute approximate surface area is 129 Å². The fraction of sp³-hybridized carbons (Fsp3) is 0.684. The van der Waals surface area contributed by atoms with Gasteiger partial charge in [-0.25, -0.2) is 0 Å². The van der Waals surface area contributed by atoms with Gasteiger partial charge in [0.05, 0.1) is 5.60 Å². The fourth-order valence-electron chi connectivity index (χ4n) is 4.07. The van der Waals surface area contributed by atoms with E-state index in [1.165, 1.54) is 48.9 Å². The minimum Gasteiger partial charge on any atom is -0.389 e. The molecule has 0 spiro atoms. The third-order valence-corrected chi connectivity index (χ3v) is 5.25. The Bertz CT molecular complexity index is 484. The molecule has 1 heterocycles. The van der Waals surface area contributed by atoms with Gasteiger partial charge in [-0.2, -0.15) is 0 Å². The molecule has 21 heavy (non-hydrogen) atoms. The first-order valence-corrected chi connectivity index (χ1v) is 8.74. The zero-order chi connectivity index (χ0) is 14.7. The van der Waals surface area contributed by atoms with Crippen LogP contribution >= 0.6 is 0 Å². The molecule has 116 valence electrons. The summed E-state index contributed by atoms with van der Waals surface area (Å²) in [5, 5.41) is 11.0. The molecule has 2 aliphatic rings. The summed E-state index contributed by atoms with van der Waals surface area (Å²) in [6.07, 6.45) is 8.81. The number of fused-ring (bicyclic) bond motifs is 1. The molecule has 1 aromatic carbocycles. The minimum atomic E-state index is -0.491. The van der Waals surface area contributed by atoms with Gasteiger partial charge in [0.2, 0.25) is 0 Å². The molecule has 0 aromatic heterocycles. The van der Waals surface area contributed by atoms with Crippen molar-refractivity contribution in [3.8, 4) is 0 Å². The van der Waals surface area contributed by atoms with Crippen LogP contribution in [0.5, 0.6) is 0 Å². The Kier molecular flexibility index (Phi) is 4.66. The third-order valence-electron chi connectivity index (χ3n) is 5.25. The highest BCUT2D eigenvalue weighted by Gasteiger charge is 2.30. The molecule has 2 nitrogen and oxygen atoms in total. The summed E-state index contributed by atoms with van der Waals surface area (Å²) in [7, 11) is 0. The van der Waals surface area contributed by atoms with Crippen LogP contribution < -0.4 is 0 Å². The largest absolute Gasteiger partial charge is 0.389 e. The molecule has 0 amide bonds. The summed E-state index contributed by atoms with van der Waals surface area (Å²) in [6, 6.07) is 6.90. The summed E-state index contributed by atoms with van der Waals surface area (Å²) in [5.41, 5.74) is 3.90. The van der Waals surface area contributed by atoms with Gasteiger partial charge in [-0.05, 0) is 74.7 Å². The number of nitrogens with zero attached hydrogens (tertiary/aromatic N) is 1. The van der Waals surface area contributed by atoms with Crippen molar-refractivity contribution in [1.29, 1.82) is 0 Å². The van der Waals surface area contributed by atoms with E-state index in [4.69, 9.17) is 0 Å². The van der Waals surface area contributed by atoms with Gasteiger partial charge in [0.15, 0.2) is 0 Å². The Morgan fingerprint density at radius 2 is 1.95 bits per heavy atom. The molecular weight excluding hydrogens is 258 g/mol. The highest BCUT2D eigenvalue weighted by molar-refractivity contribution is 5.35. The second-order valence-corrected chi connectivity index (χ2v) is 7.05. The summed E-state index contributed by atoms with van der Waals surface area (Å²) >= 11 is 0. The Morgan fingerprint density at radius 1 is 1.10 bits per heavy atom. The molecule has 3 rings (SSSR count). The quantitative estimate of drug-likeness (QED) is 0.918. The van der Waals surface area contributed by atoms with Crippen molar-refractivity contribution < 1.29 is 5.11 Å². The molecule has 1 N–H and O–H groups in total. The van der Waals surface area contributed by atoms with Gasteiger partial charge in [-0.15, -0.1) is 0 Å². The van der Waals surface area contributed by atoms with Crippen molar-refractivity contribution in [2.45, 2.75) is 63.9 Å². The first kappa shape index (κ1) is 15.1. The minimum absolute atomic E-state index is 0.491. The number of aryl methyl sites for hydroxylation is 2. The van der Waals surface area contributed by atoms with Crippen molar-refractivity contribution >= 4 is 0 Å². The van der Waals surface area contributed by atoms with Crippen LogP contribution in [0.25, 0.3) is 0 Å². The van der Waals surface area contributed by atoms with Crippen LogP contribution in [0.2, 0.25) is 0 Å². The van der Waals surface area contributed by atoms with Crippen molar-refractivity contribution in [3.63, 3.8) is 0 Å². The van der Waals surface area contributed by atoms with Crippen LogP contribution in [-0.2, 0) is 19.3 Å². The maximum absolute atomic E-state index is 11.0. The lowest BCUT2D eigenvalue weighted by molar-refractivity contribution is 0.0257. The van der Waals surface area contributed by atoms with E-state index in [-0.39, 0.29) is 0 Å². The predicted octanol–water partition coefficient (Wildman–Crippen LogP) is 3.34. The van der Waals surface area contributed by atoms with E-state index in [9.17, 15) is 5.11 Å². The number of aliphatic hydroxyl groups is 1. The Hall–Kier alpha value is -0.860. The van der Waals surface area contributed by atoms with Crippen LogP contribution in [-0.4, -0.2) is 35.2 Å². The SMILES string of the molecule is CCCN1CCCC(O)(Cc2ccc3c(c2)CCC3)CC1. The number of hydrogen-bond acceptors (Lipinski definition) is 2. The number of hydrogen-bond donors (Lipinski definition) is 1. The van der Waals surface area contributed by atoms with Crippen LogP contribution in [0.4, 0.5) is 0 Å². The first-order chi connectivity index (χ1) is 10.2. The molecule has 1 saturated heterocycles. The molecule has 1 aromatic rings. The van der Waals surface area contributed by atoms with Crippen molar-refractivity contribution in [3.05, 3.63) is 34.9 Å². The lowest BCUT2D eigenvalue weighted by Gasteiger charge is -2.27. The van der Waals surface area contributed by atoms with Crippen molar-refractivity contribution in [2.75, 3.05) is 19.6 Å². The lowest BCUT2D eigenvalue weighted by atomic mass is 9.87. The van der Waals surface area contributed by atoms with Gasteiger partial charge in [0, 0.05) is 13.0 Å². The van der Waals surface area contributed by atoms with Gasteiger partial charge >= 0.3 is 0 Å². The molecule has 1 fully saturated rings. The van der Waals surface area contributed by atoms with E-state index >= 15 is 0 Å². The highest BCUT2D eigenvalue weighted by Crippen LogP contribution is 2.29. The molecule has 1 atom stereocenters. The van der Waals surface area contributed by atoms with Crippen LogP contribution in [0.3, 0.4) is 0 Å². The van der Waals surface area contributed by atoms with Gasteiger partial charge in [0.25, 0.3) is 0 Å². The normalized spacial score (nSPS) is 26.6. The fourth-order valence-corrected chi connectivity index (χ4v) is 4.07. The van der Waals surface area contributed by atoms with E-state index in [0.29, 0.717) is 0 Å². The van der Waals surface area contributed by atoms with Crippen molar-refractivity contribution in [1.82, 2.24) is 4.90 Å². The third kappa shape index (κ3) is 3.67. The standard InChI is InChI=1S/C19H29NO/c1-2-11-20-12-4-9-19(21,10-13-20)15-16-7-8-17-5-3-6-18(17)14-16/h7-8,14,21H,2-6,9-13,15H2,1H3. The summed E-state index contributed by atoms with van der Waals surface area (Å²) in [4.78, 5) is 2.51. The van der Waals surface area contributed by atoms with Gasteiger partial charge in [-0.3, -0.25) is 0 Å². The smallest absolute Gasteiger partial charge is 0.0700 e. The first-order valence-electron chi connectivity index (χ1n) is 8.74. The Balaban J connectivity index is 1.65. The zero-order valence-corrected chi connectivity index (χ0v) is 13.4. The maximum atomic E-state index is 11.0. The highest BCUT2D eigenvalue weighted by atomic mass is 16.3. The topological polar surface area (TPSA) is 23.5 Å². The van der Waals surface area contributed by atoms with E-state index in [2.05, 4.69) is 30.0 Å². The van der Waals surface area contributed by atoms with Gasteiger partial charge < -0.3 is 10.0 Å². The van der Waals surface area contributed by atoms with Gasteiger partial charge in [0.1, 0.15) is 0 Å². The van der Waals surface area contributed by atoms with E-state index in [0.717, 1.165) is 38.8 Å². The summed E-state index contributed by atoms with van der Waals surface area (Å²) in [5.74, 6) is 0. The van der Waals surface area contributed by atoms with Crippen LogP contribution in [0.1, 0.15) is 55.7 Å². The van der Waals surface area contributed by atoms with E-state index < -0.39 is 5.60 Å².